The van der Waals surface area contributed by atoms with Crippen LogP contribution in [0.1, 0.15) is 44.2 Å². The topological polar surface area (TPSA) is 90.5 Å². The van der Waals surface area contributed by atoms with Gasteiger partial charge in [-0.15, -0.1) is 0 Å². The zero-order valence-corrected chi connectivity index (χ0v) is 21.0. The van der Waals surface area contributed by atoms with Crippen molar-refractivity contribution in [2.75, 3.05) is 31.5 Å². The van der Waals surface area contributed by atoms with Gasteiger partial charge in [0.25, 0.3) is 0 Å². The Kier molecular flexibility index (Phi) is 8.14. The van der Waals surface area contributed by atoms with E-state index in [1.54, 1.807) is 12.1 Å². The van der Waals surface area contributed by atoms with E-state index in [1.807, 2.05) is 30.0 Å². The minimum absolute atomic E-state index is 0.0366. The van der Waals surface area contributed by atoms with E-state index in [0.717, 1.165) is 18.7 Å². The first-order valence-corrected chi connectivity index (χ1v) is 13.9. The summed E-state index contributed by atoms with van der Waals surface area (Å²) in [6, 6.07) is 14.7. The van der Waals surface area contributed by atoms with Gasteiger partial charge in [-0.05, 0) is 56.4 Å². The van der Waals surface area contributed by atoms with Crippen LogP contribution in [0.3, 0.4) is 0 Å². The Morgan fingerprint density at radius 3 is 2.56 bits per heavy atom. The van der Waals surface area contributed by atoms with Gasteiger partial charge in [0.2, 0.25) is 15.9 Å². The number of nitrogens with one attached hydrogen (secondary N) is 3. The van der Waals surface area contributed by atoms with E-state index in [4.69, 9.17) is 11.6 Å². The van der Waals surface area contributed by atoms with Gasteiger partial charge in [-0.1, -0.05) is 41.9 Å². The molecule has 0 aromatic heterocycles. The summed E-state index contributed by atoms with van der Waals surface area (Å²) in [5, 5.41) is 6.97. The van der Waals surface area contributed by atoms with Gasteiger partial charge in [-0.25, -0.2) is 13.1 Å². The van der Waals surface area contributed by atoms with Crippen molar-refractivity contribution < 1.29 is 13.2 Å². The lowest BCUT2D eigenvalue weighted by atomic mass is 9.85. The van der Waals surface area contributed by atoms with Crippen molar-refractivity contribution in [1.82, 2.24) is 14.9 Å². The normalized spacial score (nSPS) is 23.5. The van der Waals surface area contributed by atoms with E-state index < -0.39 is 10.0 Å². The fourth-order valence-electron chi connectivity index (χ4n) is 4.92. The van der Waals surface area contributed by atoms with Gasteiger partial charge in [0.1, 0.15) is 0 Å². The van der Waals surface area contributed by atoms with Crippen LogP contribution < -0.4 is 15.4 Å². The molecule has 1 aliphatic carbocycles. The van der Waals surface area contributed by atoms with E-state index in [-0.39, 0.29) is 28.8 Å². The zero-order chi connectivity index (χ0) is 24.1. The number of rotatable bonds is 7. The third-order valence-electron chi connectivity index (χ3n) is 6.72. The fraction of sp³-hybridized carbons (Fsp3) is 0.480. The number of hydrogen-bond acceptors (Lipinski definition) is 5. The maximum atomic E-state index is 13.4. The molecule has 2 fully saturated rings. The minimum atomic E-state index is -3.67. The van der Waals surface area contributed by atoms with Gasteiger partial charge < -0.3 is 15.5 Å². The van der Waals surface area contributed by atoms with Crippen molar-refractivity contribution in [2.45, 2.75) is 49.6 Å². The molecule has 1 saturated heterocycles. The molecular weight excluding hydrogens is 472 g/mol. The lowest BCUT2D eigenvalue weighted by Gasteiger charge is -2.40. The Bertz CT molecular complexity index is 1090. The largest absolute Gasteiger partial charge is 0.384 e. The van der Waals surface area contributed by atoms with E-state index in [0.29, 0.717) is 49.5 Å². The second kappa shape index (κ2) is 11.1. The highest BCUT2D eigenvalue weighted by atomic mass is 35.5. The molecule has 0 spiro atoms. The predicted molar refractivity (Wildman–Crippen MR) is 135 cm³/mol. The molecule has 34 heavy (non-hydrogen) atoms. The number of anilines is 1. The molecule has 1 atom stereocenters. The third-order valence-corrected chi connectivity index (χ3v) is 8.57. The average Bonchev–Trinajstić information content (AvgIpc) is 2.86. The molecule has 7 nitrogen and oxygen atoms in total. The Labute approximate surface area is 207 Å². The Balaban J connectivity index is 1.37. The van der Waals surface area contributed by atoms with E-state index in [2.05, 4.69) is 27.5 Å². The highest BCUT2D eigenvalue weighted by Gasteiger charge is 2.35. The third kappa shape index (κ3) is 5.74. The lowest BCUT2D eigenvalue weighted by Crippen LogP contribution is -2.51. The average molecular weight is 505 g/mol. The molecule has 2 aromatic carbocycles. The lowest BCUT2D eigenvalue weighted by molar-refractivity contribution is -0.140. The molecule has 1 amide bonds. The molecule has 0 radical (unpaired) electrons. The number of piperazine rings is 1. The van der Waals surface area contributed by atoms with Crippen LogP contribution in [0.5, 0.6) is 0 Å². The van der Waals surface area contributed by atoms with E-state index >= 15 is 0 Å². The second-order valence-corrected chi connectivity index (χ2v) is 11.1. The van der Waals surface area contributed by atoms with Crippen LogP contribution in [0.4, 0.5) is 5.69 Å². The van der Waals surface area contributed by atoms with Gasteiger partial charge in [0.05, 0.1) is 21.6 Å². The van der Waals surface area contributed by atoms with E-state index in [9.17, 15) is 13.2 Å². The minimum Gasteiger partial charge on any atom is -0.384 e. The first kappa shape index (κ1) is 25.0. The molecule has 1 saturated carbocycles. The molecule has 2 aromatic rings. The highest BCUT2D eigenvalue weighted by molar-refractivity contribution is 7.89. The molecule has 184 valence electrons. The van der Waals surface area contributed by atoms with Gasteiger partial charge in [0.15, 0.2) is 0 Å². The van der Waals surface area contributed by atoms with Crippen molar-refractivity contribution in [2.24, 2.45) is 5.92 Å². The monoisotopic (exact) mass is 504 g/mol. The summed E-state index contributed by atoms with van der Waals surface area (Å²) in [5.74, 6) is 0.116. The summed E-state index contributed by atoms with van der Waals surface area (Å²) in [4.78, 5) is 15.6. The maximum Gasteiger partial charge on any atom is 0.240 e. The fourth-order valence-corrected chi connectivity index (χ4v) is 6.43. The number of carbonyl (C=O) groups is 1. The van der Waals surface area contributed by atoms with Gasteiger partial charge in [0, 0.05) is 38.1 Å². The SMILES string of the molecule is CCNc1cc(S(=O)(=O)N[C@H]2CC[C@H](C(=O)N3CCNC[C@@H]3c3ccccc3)CC2)ccc1Cl. The van der Waals surface area contributed by atoms with Crippen LogP contribution in [0.2, 0.25) is 5.02 Å². The van der Waals surface area contributed by atoms with Crippen molar-refractivity contribution in [3.05, 3.63) is 59.1 Å². The van der Waals surface area contributed by atoms with Gasteiger partial charge in [-0.3, -0.25) is 4.79 Å². The van der Waals surface area contributed by atoms with Crippen molar-refractivity contribution in [3.63, 3.8) is 0 Å². The predicted octanol–water partition coefficient (Wildman–Crippen LogP) is 3.78. The van der Waals surface area contributed by atoms with Crippen molar-refractivity contribution >= 4 is 33.2 Å². The molecule has 1 heterocycles. The van der Waals surface area contributed by atoms with Crippen LogP contribution in [0.25, 0.3) is 0 Å². The molecule has 0 bridgehead atoms. The number of amides is 1. The number of halogens is 1. The van der Waals surface area contributed by atoms with E-state index in [1.165, 1.54) is 6.07 Å². The number of nitrogens with zero attached hydrogens (tertiary/aromatic N) is 1. The number of sulfonamides is 1. The van der Waals surface area contributed by atoms with Crippen LogP contribution in [0.15, 0.2) is 53.4 Å². The van der Waals surface area contributed by atoms with Crippen LogP contribution in [-0.2, 0) is 14.8 Å². The molecule has 1 aliphatic heterocycles. The molecule has 9 heteroatoms. The first-order chi connectivity index (χ1) is 16.4. The smallest absolute Gasteiger partial charge is 0.240 e. The summed E-state index contributed by atoms with van der Waals surface area (Å²) >= 11 is 6.16. The van der Waals surface area contributed by atoms with Crippen molar-refractivity contribution in [1.29, 1.82) is 0 Å². The number of benzene rings is 2. The van der Waals surface area contributed by atoms with Crippen molar-refractivity contribution in [3.8, 4) is 0 Å². The van der Waals surface area contributed by atoms with Gasteiger partial charge >= 0.3 is 0 Å². The first-order valence-electron chi connectivity index (χ1n) is 12.0. The van der Waals surface area contributed by atoms with Crippen LogP contribution in [0, 0.1) is 5.92 Å². The van der Waals surface area contributed by atoms with Gasteiger partial charge in [-0.2, -0.15) is 0 Å². The van der Waals surface area contributed by atoms with Crippen LogP contribution in [-0.4, -0.2) is 51.4 Å². The molecule has 4 rings (SSSR count). The summed E-state index contributed by atoms with van der Waals surface area (Å²) in [6.07, 6.45) is 2.65. The molecule has 0 unspecified atom stereocenters. The number of carbonyl (C=O) groups excluding carboxylic acids is 1. The summed E-state index contributed by atoms with van der Waals surface area (Å²) < 4.78 is 28.8. The number of hydrogen-bond donors (Lipinski definition) is 3. The molecule has 3 N–H and O–H groups in total. The zero-order valence-electron chi connectivity index (χ0n) is 19.5. The Morgan fingerprint density at radius 1 is 1.12 bits per heavy atom. The quantitative estimate of drug-likeness (QED) is 0.534. The Morgan fingerprint density at radius 2 is 1.85 bits per heavy atom. The standard InChI is InChI=1S/C25H33ClN4O3S/c1-2-28-23-16-21(12-13-22(23)26)34(32,33)29-20-10-8-19(9-11-20)25(31)30-15-14-27-17-24(30)18-6-4-3-5-7-18/h3-7,12-13,16,19-20,24,27-29H,2,8-11,14-15,17H2,1H3/t19-,20-,24-/m1/s1. The summed E-state index contributed by atoms with van der Waals surface area (Å²) in [7, 11) is -3.67. The summed E-state index contributed by atoms with van der Waals surface area (Å²) in [6.45, 7) is 4.81. The van der Waals surface area contributed by atoms with Crippen LogP contribution >= 0.6 is 11.6 Å². The second-order valence-electron chi connectivity index (χ2n) is 9.00. The highest BCUT2D eigenvalue weighted by Crippen LogP contribution is 2.32. The molecular formula is C25H33ClN4O3S. The molecule has 2 aliphatic rings. The maximum absolute atomic E-state index is 13.4. The Hall–Kier alpha value is -2.13. The summed E-state index contributed by atoms with van der Waals surface area (Å²) in [5.41, 5.74) is 1.75.